The van der Waals surface area contributed by atoms with Gasteiger partial charge in [-0.15, -0.1) is 5.10 Å². The van der Waals surface area contributed by atoms with Gasteiger partial charge in [-0.2, -0.15) is 4.98 Å². The molecule has 1 aromatic heterocycles. The molecule has 112 valence electrons. The lowest BCUT2D eigenvalue weighted by molar-refractivity contribution is 0.602. The smallest absolute Gasteiger partial charge is 0.242 e. The first-order valence-electron chi connectivity index (χ1n) is 6.93. The van der Waals surface area contributed by atoms with Crippen molar-refractivity contribution in [2.45, 2.75) is 30.7 Å². The van der Waals surface area contributed by atoms with E-state index in [1.54, 1.807) is 18.2 Å². The minimum absolute atomic E-state index is 0.275. The maximum absolute atomic E-state index is 11.6. The van der Waals surface area contributed by atoms with Gasteiger partial charge in [0.2, 0.25) is 5.95 Å². The number of nitrogens with zero attached hydrogens (tertiary/aromatic N) is 2. The van der Waals surface area contributed by atoms with Crippen LogP contribution in [0.4, 0.5) is 5.95 Å². The number of H-pyrrole nitrogens is 1. The van der Waals surface area contributed by atoms with Gasteiger partial charge in [-0.25, -0.2) is 8.42 Å². The molecule has 1 aromatic carbocycles. The van der Waals surface area contributed by atoms with Crippen LogP contribution in [0.15, 0.2) is 29.2 Å². The van der Waals surface area contributed by atoms with Crippen molar-refractivity contribution in [1.82, 2.24) is 15.2 Å². The first-order valence-corrected chi connectivity index (χ1v) is 8.82. The third-order valence-corrected chi connectivity index (χ3v) is 4.82. The van der Waals surface area contributed by atoms with Gasteiger partial charge in [-0.3, -0.25) is 5.10 Å². The number of benzene rings is 1. The molecule has 0 unspecified atom stereocenters. The van der Waals surface area contributed by atoms with Gasteiger partial charge in [-0.1, -0.05) is 12.1 Å². The van der Waals surface area contributed by atoms with E-state index in [2.05, 4.69) is 27.4 Å². The van der Waals surface area contributed by atoms with Crippen molar-refractivity contribution in [2.75, 3.05) is 11.6 Å². The Hall–Kier alpha value is -1.89. The molecule has 0 spiro atoms. The zero-order chi connectivity index (χ0) is 15.0. The molecule has 1 aliphatic rings. The van der Waals surface area contributed by atoms with E-state index in [-0.39, 0.29) is 4.90 Å². The number of anilines is 1. The molecule has 1 aliphatic carbocycles. The second-order valence-corrected chi connectivity index (χ2v) is 7.59. The van der Waals surface area contributed by atoms with Gasteiger partial charge in [0.05, 0.1) is 4.90 Å². The lowest BCUT2D eigenvalue weighted by Crippen LogP contribution is -2.18. The Morgan fingerprint density at radius 1 is 1.38 bits per heavy atom. The Morgan fingerprint density at radius 3 is 2.81 bits per heavy atom. The predicted molar refractivity (Wildman–Crippen MR) is 80.7 cm³/mol. The van der Waals surface area contributed by atoms with Crippen molar-refractivity contribution >= 4 is 15.8 Å². The molecule has 0 radical (unpaired) electrons. The van der Waals surface area contributed by atoms with E-state index in [1.165, 1.54) is 19.1 Å². The Balaban J connectivity index is 1.82. The van der Waals surface area contributed by atoms with E-state index in [0.29, 0.717) is 29.3 Å². The monoisotopic (exact) mass is 306 g/mol. The summed E-state index contributed by atoms with van der Waals surface area (Å²) in [4.78, 5) is 4.66. The minimum Gasteiger partial charge on any atom is -0.350 e. The molecule has 2 aromatic rings. The van der Waals surface area contributed by atoms with Crippen LogP contribution in [0, 0.1) is 5.92 Å². The Kier molecular flexibility index (Phi) is 3.44. The van der Waals surface area contributed by atoms with Crippen LogP contribution in [-0.2, 0) is 9.84 Å². The summed E-state index contributed by atoms with van der Waals surface area (Å²) in [6, 6.07) is 7.04. The van der Waals surface area contributed by atoms with E-state index in [4.69, 9.17) is 0 Å². The highest BCUT2D eigenvalue weighted by molar-refractivity contribution is 7.90. The molecule has 0 amide bonds. The van der Waals surface area contributed by atoms with E-state index < -0.39 is 9.84 Å². The van der Waals surface area contributed by atoms with Crippen LogP contribution < -0.4 is 5.32 Å². The molecule has 1 saturated carbocycles. The molecule has 0 saturated heterocycles. The first-order chi connectivity index (χ1) is 9.93. The van der Waals surface area contributed by atoms with E-state index >= 15 is 0 Å². The fraction of sp³-hybridized carbons (Fsp3) is 0.429. The van der Waals surface area contributed by atoms with Crippen LogP contribution in [0.1, 0.15) is 19.8 Å². The number of aromatic nitrogens is 3. The van der Waals surface area contributed by atoms with Crippen LogP contribution >= 0.6 is 0 Å². The minimum atomic E-state index is -3.23. The lowest BCUT2D eigenvalue weighted by Gasteiger charge is -2.09. The van der Waals surface area contributed by atoms with Crippen LogP contribution in [0.25, 0.3) is 11.4 Å². The predicted octanol–water partition coefficient (Wildman–Crippen LogP) is 2.09. The summed E-state index contributed by atoms with van der Waals surface area (Å²) in [5.74, 6) is 1.82. The van der Waals surface area contributed by atoms with E-state index in [1.807, 2.05) is 6.07 Å². The van der Waals surface area contributed by atoms with Crippen LogP contribution in [-0.4, -0.2) is 35.9 Å². The quantitative estimate of drug-likeness (QED) is 0.883. The average molecular weight is 306 g/mol. The summed E-state index contributed by atoms with van der Waals surface area (Å²) in [6.07, 6.45) is 3.69. The zero-order valence-electron chi connectivity index (χ0n) is 12.0. The average Bonchev–Trinajstić information content (AvgIpc) is 3.19. The Bertz CT molecular complexity index is 750. The van der Waals surface area contributed by atoms with Gasteiger partial charge in [0, 0.05) is 17.9 Å². The summed E-state index contributed by atoms with van der Waals surface area (Å²) in [7, 11) is -3.23. The molecule has 2 N–H and O–H groups in total. The highest BCUT2D eigenvalue weighted by Gasteiger charge is 2.28. The van der Waals surface area contributed by atoms with Gasteiger partial charge in [0.1, 0.15) is 0 Å². The largest absolute Gasteiger partial charge is 0.350 e. The van der Waals surface area contributed by atoms with Gasteiger partial charge in [-0.05, 0) is 37.8 Å². The molecule has 7 heteroatoms. The number of hydrogen-bond acceptors (Lipinski definition) is 5. The number of sulfone groups is 1. The van der Waals surface area contributed by atoms with Crippen molar-refractivity contribution in [3.63, 3.8) is 0 Å². The summed E-state index contributed by atoms with van der Waals surface area (Å²) in [6.45, 7) is 2.12. The van der Waals surface area contributed by atoms with Crippen LogP contribution in [0.5, 0.6) is 0 Å². The van der Waals surface area contributed by atoms with Crippen molar-refractivity contribution in [3.8, 4) is 11.4 Å². The molecule has 21 heavy (non-hydrogen) atoms. The highest BCUT2D eigenvalue weighted by Crippen LogP contribution is 2.33. The van der Waals surface area contributed by atoms with Gasteiger partial charge in [0.15, 0.2) is 15.7 Å². The molecule has 1 heterocycles. The van der Waals surface area contributed by atoms with Crippen LogP contribution in [0.2, 0.25) is 0 Å². The third-order valence-electron chi connectivity index (χ3n) is 3.71. The molecular weight excluding hydrogens is 288 g/mol. The van der Waals surface area contributed by atoms with Gasteiger partial charge < -0.3 is 5.32 Å². The molecule has 0 bridgehead atoms. The van der Waals surface area contributed by atoms with Crippen molar-refractivity contribution in [2.24, 2.45) is 5.92 Å². The molecule has 3 rings (SSSR count). The fourth-order valence-electron chi connectivity index (χ4n) is 2.25. The number of aromatic amines is 1. The molecular formula is C14H18N4O2S. The van der Waals surface area contributed by atoms with Gasteiger partial charge >= 0.3 is 0 Å². The Morgan fingerprint density at radius 2 is 2.14 bits per heavy atom. The topological polar surface area (TPSA) is 87.7 Å². The molecule has 6 nitrogen and oxygen atoms in total. The van der Waals surface area contributed by atoms with Crippen molar-refractivity contribution in [1.29, 1.82) is 0 Å². The Labute approximate surface area is 123 Å². The zero-order valence-corrected chi connectivity index (χ0v) is 12.8. The maximum Gasteiger partial charge on any atom is 0.242 e. The highest BCUT2D eigenvalue weighted by atomic mass is 32.2. The van der Waals surface area contributed by atoms with Gasteiger partial charge in [0.25, 0.3) is 0 Å². The first kappa shape index (κ1) is 14.1. The third kappa shape index (κ3) is 3.24. The summed E-state index contributed by atoms with van der Waals surface area (Å²) in [5, 5.41) is 10.3. The summed E-state index contributed by atoms with van der Waals surface area (Å²) >= 11 is 0. The molecule has 0 aliphatic heterocycles. The number of nitrogens with one attached hydrogen (secondary N) is 2. The summed E-state index contributed by atoms with van der Waals surface area (Å²) in [5.41, 5.74) is 0.706. The number of rotatable bonds is 5. The fourth-order valence-corrected chi connectivity index (χ4v) is 2.91. The molecule has 1 atom stereocenters. The molecule has 1 fully saturated rings. The van der Waals surface area contributed by atoms with E-state index in [9.17, 15) is 8.42 Å². The second kappa shape index (κ2) is 5.14. The summed E-state index contributed by atoms with van der Waals surface area (Å²) < 4.78 is 23.2. The van der Waals surface area contributed by atoms with Crippen LogP contribution in [0.3, 0.4) is 0 Å². The normalized spacial score (nSPS) is 16.7. The van der Waals surface area contributed by atoms with Crippen molar-refractivity contribution in [3.05, 3.63) is 24.3 Å². The second-order valence-electron chi connectivity index (χ2n) is 5.58. The maximum atomic E-state index is 11.6. The lowest BCUT2D eigenvalue weighted by atomic mass is 10.2. The standard InChI is InChI=1S/C14H18N4O2S/c1-9(10-6-7-10)15-14-16-13(17-18-14)11-4-3-5-12(8-11)21(2,19)20/h3-5,8-10H,6-7H2,1-2H3,(H2,15,16,17,18)/t9-/m0/s1. The number of hydrogen-bond donors (Lipinski definition) is 2. The van der Waals surface area contributed by atoms with Crippen molar-refractivity contribution < 1.29 is 8.42 Å². The van der Waals surface area contributed by atoms with E-state index in [0.717, 1.165) is 0 Å². The SMILES string of the molecule is C[C@H](Nc1n[nH]c(-c2cccc(S(C)(=O)=O)c2)n1)C1CC1.